The highest BCUT2D eigenvalue weighted by molar-refractivity contribution is 7.98. The molecule has 1 N–H and O–H groups in total. The number of nitrogens with one attached hydrogen (secondary N) is 1. The maximum absolute atomic E-state index is 12.3. The Labute approximate surface area is 135 Å². The second-order valence-corrected chi connectivity index (χ2v) is 7.53. The first-order valence-corrected chi connectivity index (χ1v) is 9.55. The third-order valence-corrected chi connectivity index (χ3v) is 4.99. The van der Waals surface area contributed by atoms with Crippen molar-refractivity contribution < 1.29 is 13.2 Å². The van der Waals surface area contributed by atoms with Crippen molar-refractivity contribution in [3.8, 4) is 5.75 Å². The van der Waals surface area contributed by atoms with Crippen LogP contribution < -0.4 is 9.46 Å². The van der Waals surface area contributed by atoms with E-state index in [1.807, 2.05) is 20.1 Å². The Morgan fingerprint density at radius 3 is 2.09 bits per heavy atom. The molecule has 0 saturated carbocycles. The summed E-state index contributed by atoms with van der Waals surface area (Å²) in [6.45, 7) is 3.88. The fourth-order valence-corrected chi connectivity index (χ4v) is 3.31. The minimum atomic E-state index is -3.57. The van der Waals surface area contributed by atoms with E-state index in [1.165, 1.54) is 0 Å². The summed E-state index contributed by atoms with van der Waals surface area (Å²) in [5.74, 6) is 0.710. The van der Waals surface area contributed by atoms with Gasteiger partial charge in [-0.3, -0.25) is 4.72 Å². The Morgan fingerprint density at radius 1 is 1.00 bits per heavy atom. The summed E-state index contributed by atoms with van der Waals surface area (Å²) in [7, 11) is -3.57. The molecular formula is C16H19NO3S2. The predicted molar refractivity (Wildman–Crippen MR) is 91.2 cm³/mol. The van der Waals surface area contributed by atoms with Gasteiger partial charge in [0.25, 0.3) is 10.0 Å². The van der Waals surface area contributed by atoms with Gasteiger partial charge in [0.05, 0.1) is 11.0 Å². The summed E-state index contributed by atoms with van der Waals surface area (Å²) in [6, 6.07) is 13.6. The molecule has 0 atom stereocenters. The Morgan fingerprint density at radius 2 is 1.59 bits per heavy atom. The molecule has 0 heterocycles. The number of sulfonamides is 1. The predicted octanol–water partition coefficient (Wildman–Crippen LogP) is 4.00. The number of anilines is 1. The highest BCUT2D eigenvalue weighted by Crippen LogP contribution is 2.22. The number of thioether (sulfide) groups is 1. The Kier molecular flexibility index (Phi) is 5.37. The number of rotatable bonds is 6. The van der Waals surface area contributed by atoms with Crippen molar-refractivity contribution in [2.45, 2.75) is 29.7 Å². The molecule has 2 aromatic carbocycles. The zero-order valence-electron chi connectivity index (χ0n) is 12.7. The van der Waals surface area contributed by atoms with Crippen LogP contribution in [0.25, 0.3) is 0 Å². The first kappa shape index (κ1) is 16.7. The van der Waals surface area contributed by atoms with E-state index in [4.69, 9.17) is 4.74 Å². The highest BCUT2D eigenvalue weighted by Gasteiger charge is 2.14. The fourth-order valence-electron chi connectivity index (χ4n) is 1.84. The monoisotopic (exact) mass is 337 g/mol. The maximum Gasteiger partial charge on any atom is 0.261 e. The molecular weight excluding hydrogens is 318 g/mol. The lowest BCUT2D eigenvalue weighted by atomic mass is 10.3. The lowest BCUT2D eigenvalue weighted by Crippen LogP contribution is -2.13. The van der Waals surface area contributed by atoms with Crippen molar-refractivity contribution in [2.24, 2.45) is 0 Å². The zero-order chi connectivity index (χ0) is 16.2. The molecule has 0 aromatic heterocycles. The van der Waals surface area contributed by atoms with Crippen LogP contribution in [0.5, 0.6) is 5.75 Å². The number of hydrogen-bond acceptors (Lipinski definition) is 4. The summed E-state index contributed by atoms with van der Waals surface area (Å²) in [5, 5.41) is 0. The minimum Gasteiger partial charge on any atom is -0.491 e. The average molecular weight is 337 g/mol. The van der Waals surface area contributed by atoms with Crippen molar-refractivity contribution >= 4 is 27.5 Å². The number of hydrogen-bond donors (Lipinski definition) is 1. The third-order valence-electron chi connectivity index (χ3n) is 2.85. The van der Waals surface area contributed by atoms with Gasteiger partial charge >= 0.3 is 0 Å². The quantitative estimate of drug-likeness (QED) is 0.810. The van der Waals surface area contributed by atoms with Gasteiger partial charge in [-0.15, -0.1) is 11.8 Å². The van der Waals surface area contributed by atoms with Crippen molar-refractivity contribution in [2.75, 3.05) is 11.0 Å². The van der Waals surface area contributed by atoms with Gasteiger partial charge in [0.1, 0.15) is 5.75 Å². The van der Waals surface area contributed by atoms with E-state index >= 15 is 0 Å². The topological polar surface area (TPSA) is 55.4 Å². The number of ether oxygens (including phenoxy) is 1. The molecule has 2 aromatic rings. The van der Waals surface area contributed by atoms with Gasteiger partial charge in [0.15, 0.2) is 0 Å². The molecule has 2 rings (SSSR count). The molecule has 0 bridgehead atoms. The van der Waals surface area contributed by atoms with E-state index in [0.29, 0.717) is 11.4 Å². The van der Waals surface area contributed by atoms with E-state index in [0.717, 1.165) is 4.90 Å². The van der Waals surface area contributed by atoms with E-state index < -0.39 is 10.0 Å². The molecule has 4 nitrogen and oxygen atoms in total. The Bertz CT molecular complexity index is 708. The van der Waals surface area contributed by atoms with Crippen LogP contribution in [0.4, 0.5) is 5.69 Å². The van der Waals surface area contributed by atoms with Crippen LogP contribution in [0, 0.1) is 0 Å². The van der Waals surface area contributed by atoms with Gasteiger partial charge in [0, 0.05) is 10.6 Å². The first-order chi connectivity index (χ1) is 10.4. The average Bonchev–Trinajstić information content (AvgIpc) is 2.48. The fraction of sp³-hybridized carbons (Fsp3) is 0.250. The van der Waals surface area contributed by atoms with Crippen LogP contribution in [0.3, 0.4) is 0 Å². The molecule has 0 unspecified atom stereocenters. The van der Waals surface area contributed by atoms with E-state index in [-0.39, 0.29) is 11.0 Å². The van der Waals surface area contributed by atoms with Crippen LogP contribution in [0.15, 0.2) is 58.3 Å². The van der Waals surface area contributed by atoms with Gasteiger partial charge in [-0.1, -0.05) is 0 Å². The summed E-state index contributed by atoms with van der Waals surface area (Å²) in [5.41, 5.74) is 0.505. The highest BCUT2D eigenvalue weighted by atomic mass is 32.2. The minimum absolute atomic E-state index is 0.0810. The molecule has 0 radical (unpaired) electrons. The lowest BCUT2D eigenvalue weighted by Gasteiger charge is -2.11. The van der Waals surface area contributed by atoms with Gasteiger partial charge in [-0.05, 0) is 68.6 Å². The molecule has 0 amide bonds. The molecule has 0 fully saturated rings. The smallest absolute Gasteiger partial charge is 0.261 e. The van der Waals surface area contributed by atoms with Gasteiger partial charge in [-0.2, -0.15) is 0 Å². The van der Waals surface area contributed by atoms with Crippen molar-refractivity contribution in [3.63, 3.8) is 0 Å². The standard InChI is InChI=1S/C16H19NO3S2/c1-12(2)20-14-6-4-13(5-7-14)17-22(18,19)16-10-8-15(21-3)9-11-16/h4-12,17H,1-3H3. The second kappa shape index (κ2) is 7.07. The molecule has 0 saturated heterocycles. The van der Waals surface area contributed by atoms with Crippen LogP contribution in [-0.2, 0) is 10.0 Å². The SMILES string of the molecule is CSc1ccc(S(=O)(=O)Nc2ccc(OC(C)C)cc2)cc1. The summed E-state index contributed by atoms with van der Waals surface area (Å²) in [6.07, 6.45) is 2.03. The molecule has 0 aliphatic rings. The van der Waals surface area contributed by atoms with Crippen molar-refractivity contribution in [1.82, 2.24) is 0 Å². The first-order valence-electron chi connectivity index (χ1n) is 6.84. The normalized spacial score (nSPS) is 11.5. The lowest BCUT2D eigenvalue weighted by molar-refractivity contribution is 0.242. The molecule has 0 aliphatic carbocycles. The summed E-state index contributed by atoms with van der Waals surface area (Å²) < 4.78 is 32.7. The van der Waals surface area contributed by atoms with Crippen LogP contribution in [-0.4, -0.2) is 20.8 Å². The van der Waals surface area contributed by atoms with Gasteiger partial charge < -0.3 is 4.74 Å². The van der Waals surface area contributed by atoms with Crippen LogP contribution >= 0.6 is 11.8 Å². The molecule has 0 aliphatic heterocycles. The van der Waals surface area contributed by atoms with E-state index in [2.05, 4.69) is 4.72 Å². The number of benzene rings is 2. The van der Waals surface area contributed by atoms with Crippen molar-refractivity contribution in [1.29, 1.82) is 0 Å². The van der Waals surface area contributed by atoms with Crippen LogP contribution in [0.2, 0.25) is 0 Å². The van der Waals surface area contributed by atoms with Gasteiger partial charge in [-0.25, -0.2) is 8.42 Å². The van der Waals surface area contributed by atoms with Crippen molar-refractivity contribution in [3.05, 3.63) is 48.5 Å². The second-order valence-electron chi connectivity index (χ2n) is 4.97. The molecule has 6 heteroatoms. The largest absolute Gasteiger partial charge is 0.491 e. The zero-order valence-corrected chi connectivity index (χ0v) is 14.4. The van der Waals surface area contributed by atoms with E-state index in [9.17, 15) is 8.42 Å². The molecule has 118 valence electrons. The Balaban J connectivity index is 2.13. The third kappa shape index (κ3) is 4.42. The molecule has 0 spiro atoms. The Hall–Kier alpha value is -1.66. The molecule has 22 heavy (non-hydrogen) atoms. The van der Waals surface area contributed by atoms with Gasteiger partial charge in [0.2, 0.25) is 0 Å². The summed E-state index contributed by atoms with van der Waals surface area (Å²) >= 11 is 1.57. The summed E-state index contributed by atoms with van der Waals surface area (Å²) in [4.78, 5) is 1.27. The van der Waals surface area contributed by atoms with E-state index in [1.54, 1.807) is 60.3 Å². The van der Waals surface area contributed by atoms with Crippen LogP contribution in [0.1, 0.15) is 13.8 Å². The maximum atomic E-state index is 12.3.